The van der Waals surface area contributed by atoms with E-state index in [1.165, 1.54) is 6.26 Å². The highest BCUT2D eigenvalue weighted by atomic mass is 16.5. The summed E-state index contributed by atoms with van der Waals surface area (Å²) >= 11 is 0. The number of likely N-dealkylation sites (tertiary alicyclic amines) is 1. The largest absolute Gasteiger partial charge is 0.459 e. The highest BCUT2D eigenvalue weighted by molar-refractivity contribution is 5.91. The van der Waals surface area contributed by atoms with E-state index in [-0.39, 0.29) is 23.8 Å². The predicted octanol–water partition coefficient (Wildman–Crippen LogP) is 1.28. The fraction of sp³-hybridized carbons (Fsp3) is 0.647. The average molecular weight is 318 g/mol. The number of nitrogens with one attached hydrogen (secondary N) is 1. The first kappa shape index (κ1) is 14.8. The summed E-state index contributed by atoms with van der Waals surface area (Å²) in [6, 6.07) is 3.43. The van der Waals surface area contributed by atoms with Gasteiger partial charge in [0.05, 0.1) is 19.0 Å². The maximum absolute atomic E-state index is 12.4. The summed E-state index contributed by atoms with van der Waals surface area (Å²) in [5.74, 6) is 1.48. The standard InChI is InChI=1S/C17H22N2O4/c20-16(11-3-4-11)18-8-15-13-9-19(6-5-12(13)10-23-15)17(21)14-2-1-7-22-14/h1-2,7,11-13,15H,3-6,8-10H2,(H,18,20)/t12-,13-,15+/m0/s1. The molecule has 2 saturated heterocycles. The van der Waals surface area contributed by atoms with Crippen LogP contribution >= 0.6 is 0 Å². The summed E-state index contributed by atoms with van der Waals surface area (Å²) in [5.41, 5.74) is 0. The van der Waals surface area contributed by atoms with E-state index in [4.69, 9.17) is 9.15 Å². The highest BCUT2D eigenvalue weighted by Crippen LogP contribution is 2.35. The second kappa shape index (κ2) is 6.00. The van der Waals surface area contributed by atoms with E-state index in [1.54, 1.807) is 12.1 Å². The zero-order valence-electron chi connectivity index (χ0n) is 13.1. The fourth-order valence-corrected chi connectivity index (χ4v) is 3.67. The van der Waals surface area contributed by atoms with Crippen molar-refractivity contribution in [2.45, 2.75) is 25.4 Å². The van der Waals surface area contributed by atoms with Gasteiger partial charge in [0.2, 0.25) is 5.91 Å². The first-order valence-electron chi connectivity index (χ1n) is 8.44. The molecule has 0 spiro atoms. The maximum Gasteiger partial charge on any atom is 0.289 e. The summed E-state index contributed by atoms with van der Waals surface area (Å²) in [5, 5.41) is 3.01. The molecule has 3 heterocycles. The van der Waals surface area contributed by atoms with Crippen LogP contribution < -0.4 is 5.32 Å². The van der Waals surface area contributed by atoms with Crippen molar-refractivity contribution < 1.29 is 18.7 Å². The molecule has 0 unspecified atom stereocenters. The van der Waals surface area contributed by atoms with Gasteiger partial charge in [-0.15, -0.1) is 0 Å². The van der Waals surface area contributed by atoms with Gasteiger partial charge in [-0.1, -0.05) is 0 Å². The summed E-state index contributed by atoms with van der Waals surface area (Å²) in [6.45, 7) is 2.70. The summed E-state index contributed by atoms with van der Waals surface area (Å²) in [4.78, 5) is 26.1. The Hall–Kier alpha value is -1.82. The predicted molar refractivity (Wildman–Crippen MR) is 81.7 cm³/mol. The summed E-state index contributed by atoms with van der Waals surface area (Å²) < 4.78 is 11.1. The number of amides is 2. The third kappa shape index (κ3) is 3.00. The van der Waals surface area contributed by atoms with Gasteiger partial charge in [-0.3, -0.25) is 9.59 Å². The van der Waals surface area contributed by atoms with Crippen LogP contribution in [-0.2, 0) is 9.53 Å². The monoisotopic (exact) mass is 318 g/mol. The van der Waals surface area contributed by atoms with Crippen molar-refractivity contribution in [1.82, 2.24) is 10.2 Å². The van der Waals surface area contributed by atoms with Crippen molar-refractivity contribution in [3.8, 4) is 0 Å². The van der Waals surface area contributed by atoms with Crippen molar-refractivity contribution in [1.29, 1.82) is 0 Å². The number of fused-ring (bicyclic) bond motifs is 1. The second-order valence-electron chi connectivity index (χ2n) is 6.83. The van der Waals surface area contributed by atoms with E-state index in [0.717, 1.165) is 32.4 Å². The van der Waals surface area contributed by atoms with Gasteiger partial charge in [-0.2, -0.15) is 0 Å². The Kier molecular flexibility index (Phi) is 3.85. The van der Waals surface area contributed by atoms with Crippen molar-refractivity contribution in [2.24, 2.45) is 17.8 Å². The molecule has 0 radical (unpaired) electrons. The minimum absolute atomic E-state index is 0.00917. The number of hydrogen-bond donors (Lipinski definition) is 1. The number of ether oxygens (including phenoxy) is 1. The van der Waals surface area contributed by atoms with Crippen molar-refractivity contribution in [3.63, 3.8) is 0 Å². The number of carbonyl (C=O) groups is 2. The fourth-order valence-electron chi connectivity index (χ4n) is 3.67. The Balaban J connectivity index is 1.36. The molecule has 1 saturated carbocycles. The molecule has 23 heavy (non-hydrogen) atoms. The first-order chi connectivity index (χ1) is 11.2. The molecular formula is C17H22N2O4. The number of nitrogens with zero attached hydrogens (tertiary/aromatic N) is 1. The second-order valence-corrected chi connectivity index (χ2v) is 6.83. The van der Waals surface area contributed by atoms with Gasteiger partial charge in [0.1, 0.15) is 0 Å². The molecule has 6 heteroatoms. The third-order valence-corrected chi connectivity index (χ3v) is 5.25. The van der Waals surface area contributed by atoms with Crippen LogP contribution in [0.3, 0.4) is 0 Å². The number of hydrogen-bond acceptors (Lipinski definition) is 4. The molecule has 3 atom stereocenters. The lowest BCUT2D eigenvalue weighted by Gasteiger charge is -2.35. The molecule has 2 aliphatic heterocycles. The molecule has 1 aliphatic carbocycles. The van der Waals surface area contributed by atoms with Gasteiger partial charge in [0.15, 0.2) is 5.76 Å². The van der Waals surface area contributed by atoms with Gasteiger partial charge in [0.25, 0.3) is 5.91 Å². The smallest absolute Gasteiger partial charge is 0.289 e. The van der Waals surface area contributed by atoms with Gasteiger partial charge in [-0.25, -0.2) is 0 Å². The van der Waals surface area contributed by atoms with E-state index in [1.807, 2.05) is 4.90 Å². The summed E-state index contributed by atoms with van der Waals surface area (Å²) in [6.07, 6.45) is 4.50. The number of furan rings is 1. The van der Waals surface area contributed by atoms with Crippen LogP contribution in [-0.4, -0.2) is 49.1 Å². The average Bonchev–Trinajstić information content (AvgIpc) is 3.13. The SMILES string of the molecule is O=C(NC[C@H]1OC[C@@H]2CCN(C(=O)c3ccco3)C[C@@H]21)C1CC1. The zero-order valence-corrected chi connectivity index (χ0v) is 13.1. The quantitative estimate of drug-likeness (QED) is 0.908. The van der Waals surface area contributed by atoms with Crippen molar-refractivity contribution in [3.05, 3.63) is 24.2 Å². The minimum Gasteiger partial charge on any atom is -0.459 e. The van der Waals surface area contributed by atoms with Gasteiger partial charge >= 0.3 is 0 Å². The van der Waals surface area contributed by atoms with Gasteiger partial charge < -0.3 is 19.4 Å². The molecule has 6 nitrogen and oxygen atoms in total. The van der Waals surface area contributed by atoms with Crippen LogP contribution in [0.4, 0.5) is 0 Å². The van der Waals surface area contributed by atoms with Crippen molar-refractivity contribution in [2.75, 3.05) is 26.2 Å². The van der Waals surface area contributed by atoms with Crippen LogP contribution in [0, 0.1) is 17.8 Å². The van der Waals surface area contributed by atoms with Crippen LogP contribution in [0.5, 0.6) is 0 Å². The molecule has 3 aliphatic rings. The third-order valence-electron chi connectivity index (χ3n) is 5.25. The number of carbonyl (C=O) groups excluding carboxylic acids is 2. The molecule has 1 N–H and O–H groups in total. The maximum atomic E-state index is 12.4. The number of piperidine rings is 1. The number of rotatable bonds is 4. The molecular weight excluding hydrogens is 296 g/mol. The zero-order chi connectivity index (χ0) is 15.8. The van der Waals surface area contributed by atoms with Crippen molar-refractivity contribution >= 4 is 11.8 Å². The van der Waals surface area contributed by atoms with Gasteiger partial charge in [0, 0.05) is 31.5 Å². The summed E-state index contributed by atoms with van der Waals surface area (Å²) in [7, 11) is 0. The Morgan fingerprint density at radius 1 is 1.30 bits per heavy atom. The van der Waals surface area contributed by atoms with Gasteiger partial charge in [-0.05, 0) is 37.3 Å². The van der Waals surface area contributed by atoms with Crippen LogP contribution in [0.15, 0.2) is 22.8 Å². The van der Waals surface area contributed by atoms with E-state index < -0.39 is 0 Å². The van der Waals surface area contributed by atoms with Crippen LogP contribution in [0.25, 0.3) is 0 Å². The normalized spacial score (nSPS) is 30.1. The van der Waals surface area contributed by atoms with E-state index in [9.17, 15) is 9.59 Å². The Morgan fingerprint density at radius 2 is 2.17 bits per heavy atom. The Bertz CT molecular complexity index is 581. The molecule has 0 bridgehead atoms. The molecule has 1 aromatic rings. The Morgan fingerprint density at radius 3 is 2.91 bits per heavy atom. The van der Waals surface area contributed by atoms with Crippen LogP contribution in [0.1, 0.15) is 29.8 Å². The molecule has 3 fully saturated rings. The lowest BCUT2D eigenvalue weighted by atomic mass is 9.84. The molecule has 1 aromatic heterocycles. The topological polar surface area (TPSA) is 71.8 Å². The molecule has 0 aromatic carbocycles. The molecule has 124 valence electrons. The van der Waals surface area contributed by atoms with E-state index >= 15 is 0 Å². The van der Waals surface area contributed by atoms with E-state index in [0.29, 0.717) is 30.7 Å². The lowest BCUT2D eigenvalue weighted by Crippen LogP contribution is -2.47. The highest BCUT2D eigenvalue weighted by Gasteiger charge is 2.42. The lowest BCUT2D eigenvalue weighted by molar-refractivity contribution is -0.122. The van der Waals surface area contributed by atoms with E-state index in [2.05, 4.69) is 5.32 Å². The molecule has 2 amide bonds. The van der Waals surface area contributed by atoms with Crippen LogP contribution in [0.2, 0.25) is 0 Å². The molecule has 4 rings (SSSR count). The minimum atomic E-state index is -0.0545. The first-order valence-corrected chi connectivity index (χ1v) is 8.44. The Labute approximate surface area is 135 Å².